The van der Waals surface area contributed by atoms with Crippen molar-refractivity contribution in [1.29, 1.82) is 0 Å². The number of nitro groups is 1. The average molecular weight is 482 g/mol. The molecule has 132 valence electrons. The summed E-state index contributed by atoms with van der Waals surface area (Å²) in [5.41, 5.74) is 0.500. The molecule has 0 bridgehead atoms. The first-order valence-corrected chi connectivity index (χ1v) is 9.41. The highest BCUT2D eigenvalue weighted by Gasteiger charge is 2.18. The first-order chi connectivity index (χ1) is 12.5. The minimum absolute atomic E-state index is 0.00686. The van der Waals surface area contributed by atoms with Crippen molar-refractivity contribution in [1.82, 2.24) is 4.57 Å². The van der Waals surface area contributed by atoms with Gasteiger partial charge in [-0.15, -0.1) is 0 Å². The lowest BCUT2D eigenvalue weighted by atomic mass is 10.2. The van der Waals surface area contributed by atoms with Crippen molar-refractivity contribution in [3.8, 4) is 0 Å². The van der Waals surface area contributed by atoms with Gasteiger partial charge < -0.3 is 9.32 Å². The third-order valence-corrected chi connectivity index (χ3v) is 5.47. The van der Waals surface area contributed by atoms with Crippen molar-refractivity contribution < 1.29 is 9.34 Å². The maximum Gasteiger partial charge on any atom is 0.271 e. The van der Waals surface area contributed by atoms with Crippen LogP contribution in [0.15, 0.2) is 50.6 Å². The summed E-state index contributed by atoms with van der Waals surface area (Å²) in [5, 5.41) is 11.0. The number of furan rings is 1. The monoisotopic (exact) mass is 482 g/mol. The molecule has 26 heavy (non-hydrogen) atoms. The van der Waals surface area contributed by atoms with E-state index >= 15 is 0 Å². The molecule has 0 saturated heterocycles. The van der Waals surface area contributed by atoms with Gasteiger partial charge in [0.25, 0.3) is 11.2 Å². The van der Waals surface area contributed by atoms with E-state index in [0.29, 0.717) is 34.1 Å². The predicted molar refractivity (Wildman–Crippen MR) is 105 cm³/mol. The van der Waals surface area contributed by atoms with E-state index in [1.54, 1.807) is 28.8 Å². The molecule has 0 saturated carbocycles. The molecular weight excluding hydrogens is 471 g/mol. The number of nitrogens with zero attached hydrogens (tertiary/aromatic N) is 4. The Hall–Kier alpha value is -2.47. The lowest BCUT2D eigenvalue weighted by Gasteiger charge is -2.25. The average Bonchev–Trinajstić information content (AvgIpc) is 3.18. The van der Waals surface area contributed by atoms with Crippen LogP contribution in [0.1, 0.15) is 5.76 Å². The Bertz CT molecular complexity index is 1180. The van der Waals surface area contributed by atoms with E-state index < -0.39 is 4.92 Å². The molecule has 0 radical (unpaired) electrons. The minimum Gasteiger partial charge on any atom is -0.451 e. The molecule has 3 heterocycles. The maximum atomic E-state index is 12.7. The van der Waals surface area contributed by atoms with Gasteiger partial charge in [-0.3, -0.25) is 19.5 Å². The van der Waals surface area contributed by atoms with Crippen molar-refractivity contribution in [3.63, 3.8) is 0 Å². The second kappa shape index (κ2) is 6.68. The normalized spacial score (nSPS) is 14.2. The quantitative estimate of drug-likeness (QED) is 0.323. The highest BCUT2D eigenvalue weighted by atomic mass is 127. The fourth-order valence-corrected chi connectivity index (χ4v) is 3.99. The Morgan fingerprint density at radius 2 is 2.19 bits per heavy atom. The number of anilines is 1. The van der Waals surface area contributed by atoms with Gasteiger partial charge in [0.2, 0.25) is 0 Å². The third-order valence-electron chi connectivity index (χ3n) is 3.85. The van der Waals surface area contributed by atoms with Crippen molar-refractivity contribution in [2.24, 2.45) is 4.99 Å². The minimum atomic E-state index is -0.440. The smallest absolute Gasteiger partial charge is 0.271 e. The highest BCUT2D eigenvalue weighted by molar-refractivity contribution is 14.1. The van der Waals surface area contributed by atoms with Crippen molar-refractivity contribution in [2.45, 2.75) is 6.67 Å². The van der Waals surface area contributed by atoms with E-state index in [9.17, 15) is 14.9 Å². The molecule has 0 N–H and O–H groups in total. The molecule has 2 aromatic heterocycles. The zero-order chi connectivity index (χ0) is 18.3. The Balaban J connectivity index is 1.70. The zero-order valence-corrected chi connectivity index (χ0v) is 16.1. The van der Waals surface area contributed by atoms with Crippen LogP contribution in [-0.2, 0) is 6.67 Å². The maximum absolute atomic E-state index is 12.7. The molecule has 0 aliphatic carbocycles. The Kier molecular flexibility index (Phi) is 4.36. The van der Waals surface area contributed by atoms with Gasteiger partial charge in [0.05, 0.1) is 9.46 Å². The molecule has 0 amide bonds. The highest BCUT2D eigenvalue weighted by Crippen LogP contribution is 2.21. The molecule has 1 aromatic carbocycles. The summed E-state index contributed by atoms with van der Waals surface area (Å²) in [6.07, 6.45) is 1.70. The summed E-state index contributed by atoms with van der Waals surface area (Å²) in [7, 11) is 0. The summed E-state index contributed by atoms with van der Waals surface area (Å²) in [5.74, 6) is 0.612. The van der Waals surface area contributed by atoms with E-state index in [-0.39, 0.29) is 11.2 Å². The van der Waals surface area contributed by atoms with Crippen LogP contribution >= 0.6 is 33.9 Å². The van der Waals surface area contributed by atoms with Crippen LogP contribution in [0.3, 0.4) is 0 Å². The summed E-state index contributed by atoms with van der Waals surface area (Å²) in [4.78, 5) is 30.1. The fourth-order valence-electron chi connectivity index (χ4n) is 2.61. The van der Waals surface area contributed by atoms with E-state index in [0.717, 1.165) is 3.77 Å². The standard InChI is InChI=1S/C16H11IN4O4S/c17-14-5-4-12(25-14)7-13-15(22)20-9-19(8-18-16(20)26-13)10-2-1-3-11(6-10)21(23)24/h1-7H,8-9H2. The number of benzene rings is 1. The third kappa shape index (κ3) is 3.17. The van der Waals surface area contributed by atoms with Gasteiger partial charge in [-0.2, -0.15) is 0 Å². The Morgan fingerprint density at radius 1 is 1.35 bits per heavy atom. The summed E-state index contributed by atoms with van der Waals surface area (Å²) in [6, 6.07) is 9.93. The van der Waals surface area contributed by atoms with Crippen LogP contribution in [0.2, 0.25) is 0 Å². The van der Waals surface area contributed by atoms with Crippen molar-refractivity contribution >= 4 is 51.4 Å². The van der Waals surface area contributed by atoms with Crippen molar-refractivity contribution in [2.75, 3.05) is 11.6 Å². The molecule has 4 rings (SSSR count). The van der Waals surface area contributed by atoms with Gasteiger partial charge in [-0.25, -0.2) is 4.99 Å². The number of hydrogen-bond acceptors (Lipinski definition) is 7. The molecule has 0 unspecified atom stereocenters. The molecule has 10 heteroatoms. The summed E-state index contributed by atoms with van der Waals surface area (Å²) in [6.45, 7) is 0.623. The number of fused-ring (bicyclic) bond motifs is 1. The molecule has 0 spiro atoms. The molecule has 1 aliphatic rings. The van der Waals surface area contributed by atoms with E-state index in [1.807, 2.05) is 11.0 Å². The number of nitro benzene ring substituents is 1. The SMILES string of the molecule is O=c1c(=Cc2ccc(I)o2)sc2n1CN(c1cccc([N+](=O)[O-])c1)CN=2. The molecule has 3 aromatic rings. The zero-order valence-electron chi connectivity index (χ0n) is 13.2. The van der Waals surface area contributed by atoms with Gasteiger partial charge >= 0.3 is 0 Å². The number of halogens is 1. The molecule has 1 aliphatic heterocycles. The number of thiazole rings is 1. The molecule has 8 nitrogen and oxygen atoms in total. The van der Waals surface area contributed by atoms with Gasteiger partial charge in [-0.05, 0) is 40.8 Å². The number of non-ortho nitro benzene ring substituents is 1. The van der Waals surface area contributed by atoms with E-state index in [1.165, 1.54) is 23.5 Å². The molecule has 0 fully saturated rings. The second-order valence-corrected chi connectivity index (χ2v) is 7.60. The van der Waals surface area contributed by atoms with Gasteiger partial charge in [0.15, 0.2) is 8.57 Å². The fraction of sp³-hybridized carbons (Fsp3) is 0.125. The van der Waals surface area contributed by atoms with Gasteiger partial charge in [-0.1, -0.05) is 17.4 Å². The van der Waals surface area contributed by atoms with Crippen LogP contribution in [0.4, 0.5) is 11.4 Å². The number of aromatic nitrogens is 1. The Morgan fingerprint density at radius 3 is 2.92 bits per heavy atom. The van der Waals surface area contributed by atoms with Gasteiger partial charge in [0, 0.05) is 23.9 Å². The van der Waals surface area contributed by atoms with E-state index in [2.05, 4.69) is 27.6 Å². The first-order valence-electron chi connectivity index (χ1n) is 7.52. The largest absolute Gasteiger partial charge is 0.451 e. The van der Waals surface area contributed by atoms with Crippen LogP contribution in [0.5, 0.6) is 0 Å². The first kappa shape index (κ1) is 17.0. The second-order valence-electron chi connectivity index (χ2n) is 5.53. The number of rotatable bonds is 3. The van der Waals surface area contributed by atoms with E-state index in [4.69, 9.17) is 4.42 Å². The molecule has 0 atom stereocenters. The summed E-state index contributed by atoms with van der Waals surface area (Å²) >= 11 is 3.37. The lowest BCUT2D eigenvalue weighted by Crippen LogP contribution is -2.42. The van der Waals surface area contributed by atoms with Crippen LogP contribution in [0.25, 0.3) is 6.08 Å². The summed E-state index contributed by atoms with van der Waals surface area (Å²) < 4.78 is 8.33. The van der Waals surface area contributed by atoms with Crippen LogP contribution in [0, 0.1) is 13.9 Å². The molecular formula is C16H11IN4O4S. The lowest BCUT2D eigenvalue weighted by molar-refractivity contribution is -0.384. The Labute approximate surface area is 164 Å². The number of hydrogen-bond donors (Lipinski definition) is 0. The van der Waals surface area contributed by atoms with Crippen LogP contribution in [-0.4, -0.2) is 16.2 Å². The predicted octanol–water partition coefficient (Wildman–Crippen LogP) is 1.90. The van der Waals surface area contributed by atoms with Gasteiger partial charge in [0.1, 0.15) is 19.1 Å². The topological polar surface area (TPSA) is 93.9 Å². The van der Waals surface area contributed by atoms with Crippen molar-refractivity contribution in [3.05, 3.63) is 75.7 Å². The van der Waals surface area contributed by atoms with Crippen LogP contribution < -0.4 is 19.8 Å².